The molecular weight excluding hydrogens is 603 g/mol. The van der Waals surface area contributed by atoms with Gasteiger partial charge in [0.05, 0.1) is 24.4 Å². The molecule has 0 spiro atoms. The number of cyclic esters (lactones) is 1. The van der Waals surface area contributed by atoms with Gasteiger partial charge in [-0.25, -0.2) is 4.79 Å². The second-order valence-corrected chi connectivity index (χ2v) is 10.6. The van der Waals surface area contributed by atoms with E-state index in [1.165, 1.54) is 12.7 Å². The van der Waals surface area contributed by atoms with Crippen LogP contribution in [0.1, 0.15) is 52.9 Å². The fourth-order valence-corrected chi connectivity index (χ4v) is 4.97. The Bertz CT molecular complexity index is 795. The maximum absolute atomic E-state index is 12.4. The van der Waals surface area contributed by atoms with Gasteiger partial charge in [0.25, 0.3) is 0 Å². The first kappa shape index (κ1) is 34.9. The predicted octanol–water partition coefficient (Wildman–Crippen LogP) is 5.23. The van der Waals surface area contributed by atoms with Crippen LogP contribution in [0.3, 0.4) is 0 Å². The van der Waals surface area contributed by atoms with E-state index in [1.807, 2.05) is 19.1 Å². The number of esters is 1. The van der Waals surface area contributed by atoms with E-state index in [4.69, 9.17) is 28.4 Å². The minimum Gasteiger partial charge on any atom is -0.458 e. The molecule has 0 saturated carbocycles. The molecule has 1 aliphatic rings. The molecule has 1 aliphatic heterocycles. The molecule has 8 nitrogen and oxygen atoms in total. The van der Waals surface area contributed by atoms with Gasteiger partial charge in [0, 0.05) is 72.7 Å². The van der Waals surface area contributed by atoms with Crippen LogP contribution >= 0.6 is 22.6 Å². The molecule has 0 amide bonds. The van der Waals surface area contributed by atoms with E-state index in [0.29, 0.717) is 25.7 Å². The summed E-state index contributed by atoms with van der Waals surface area (Å²) in [5.41, 5.74) is 2.28. The molecule has 0 unspecified atom stereocenters. The van der Waals surface area contributed by atoms with Crippen LogP contribution in [0.15, 0.2) is 33.5 Å². The summed E-state index contributed by atoms with van der Waals surface area (Å²) in [7, 11) is 8.19. The van der Waals surface area contributed by atoms with E-state index in [1.54, 1.807) is 34.5 Å². The smallest absolute Gasteiger partial charge is 0.330 e. The van der Waals surface area contributed by atoms with E-state index in [2.05, 4.69) is 40.5 Å². The Morgan fingerprint density at radius 2 is 1.63 bits per heavy atom. The van der Waals surface area contributed by atoms with Gasteiger partial charge in [-0.3, -0.25) is 0 Å². The van der Waals surface area contributed by atoms with Crippen LogP contribution in [0, 0.1) is 11.8 Å². The molecule has 0 fully saturated rings. The molecule has 0 saturated heterocycles. The highest BCUT2D eigenvalue weighted by Gasteiger charge is 2.33. The highest BCUT2D eigenvalue weighted by atomic mass is 127. The highest BCUT2D eigenvalue weighted by Crippen LogP contribution is 2.31. The fraction of sp³-hybridized carbons (Fsp3) is 0.724. The second-order valence-electron chi connectivity index (χ2n) is 10.0. The summed E-state index contributed by atoms with van der Waals surface area (Å²) in [6, 6.07) is 0. The van der Waals surface area contributed by atoms with Crippen molar-refractivity contribution in [3.63, 3.8) is 0 Å². The van der Waals surface area contributed by atoms with Crippen molar-refractivity contribution in [1.29, 1.82) is 0 Å². The average molecular weight is 651 g/mol. The van der Waals surface area contributed by atoms with Crippen LogP contribution in [-0.2, 0) is 38.0 Å². The molecule has 8 atom stereocenters. The van der Waals surface area contributed by atoms with Crippen LogP contribution in [0.4, 0.5) is 0 Å². The highest BCUT2D eigenvalue weighted by molar-refractivity contribution is 14.1. The van der Waals surface area contributed by atoms with Crippen LogP contribution in [-0.4, -0.2) is 84.4 Å². The van der Waals surface area contributed by atoms with Crippen molar-refractivity contribution in [3.05, 3.63) is 33.5 Å². The molecule has 1 rings (SSSR count). The fourth-order valence-electron chi connectivity index (χ4n) is 4.71. The number of methoxy groups -OCH3 is 5. The maximum atomic E-state index is 12.4. The van der Waals surface area contributed by atoms with Crippen molar-refractivity contribution in [3.8, 4) is 0 Å². The van der Waals surface area contributed by atoms with Crippen LogP contribution in [0.5, 0.6) is 0 Å². The summed E-state index contributed by atoms with van der Waals surface area (Å²) in [5, 5.41) is 0. The Balaban J connectivity index is 2.85. The lowest BCUT2D eigenvalue weighted by molar-refractivity contribution is -0.150. The van der Waals surface area contributed by atoms with Crippen LogP contribution < -0.4 is 0 Å². The van der Waals surface area contributed by atoms with Gasteiger partial charge in [-0.05, 0) is 23.8 Å². The number of ether oxygens (including phenoxy) is 6. The first-order chi connectivity index (χ1) is 18.1. The van der Waals surface area contributed by atoms with Gasteiger partial charge in [-0.15, -0.1) is 0 Å². The van der Waals surface area contributed by atoms with Crippen LogP contribution in [0.2, 0.25) is 0 Å². The molecule has 38 heavy (non-hydrogen) atoms. The monoisotopic (exact) mass is 650 g/mol. The lowest BCUT2D eigenvalue weighted by Gasteiger charge is -2.34. The second kappa shape index (κ2) is 19.0. The van der Waals surface area contributed by atoms with E-state index in [-0.39, 0.29) is 48.3 Å². The number of hydrogen-bond donors (Lipinski definition) is 0. The van der Waals surface area contributed by atoms with Crippen molar-refractivity contribution in [2.24, 2.45) is 11.8 Å². The van der Waals surface area contributed by atoms with Gasteiger partial charge >= 0.3 is 5.97 Å². The Morgan fingerprint density at radius 1 is 1.00 bits per heavy atom. The van der Waals surface area contributed by atoms with E-state index in [0.717, 1.165) is 18.3 Å². The molecule has 0 aromatic rings. The van der Waals surface area contributed by atoms with Gasteiger partial charge in [0.15, 0.2) is 0 Å². The van der Waals surface area contributed by atoms with E-state index >= 15 is 0 Å². The number of carbonyl (C=O) groups excluding carboxylic acids is 2. The molecule has 0 aromatic heterocycles. The Morgan fingerprint density at radius 3 is 2.16 bits per heavy atom. The van der Waals surface area contributed by atoms with Gasteiger partial charge in [0.1, 0.15) is 18.5 Å². The van der Waals surface area contributed by atoms with Crippen LogP contribution in [0.25, 0.3) is 0 Å². The number of halogens is 1. The lowest BCUT2D eigenvalue weighted by atomic mass is 9.86. The molecule has 0 N–H and O–H groups in total. The van der Waals surface area contributed by atoms with Gasteiger partial charge < -0.3 is 33.2 Å². The summed E-state index contributed by atoms with van der Waals surface area (Å²) in [6.45, 7) is 6.16. The summed E-state index contributed by atoms with van der Waals surface area (Å²) in [6.07, 6.45) is 8.30. The van der Waals surface area contributed by atoms with Crippen molar-refractivity contribution < 1.29 is 38.0 Å². The Labute approximate surface area is 242 Å². The number of carbonyl (C=O) groups is 2. The summed E-state index contributed by atoms with van der Waals surface area (Å²) in [5.74, 6) is -0.323. The third-order valence-electron chi connectivity index (χ3n) is 7.29. The molecule has 9 heteroatoms. The number of hydrogen-bond acceptors (Lipinski definition) is 8. The predicted molar refractivity (Wildman–Crippen MR) is 156 cm³/mol. The van der Waals surface area contributed by atoms with E-state index < -0.39 is 6.10 Å². The first-order valence-electron chi connectivity index (χ1n) is 13.1. The average Bonchev–Trinajstić information content (AvgIpc) is 2.92. The summed E-state index contributed by atoms with van der Waals surface area (Å²) >= 11 is 2.24. The zero-order valence-corrected chi connectivity index (χ0v) is 26.3. The topological polar surface area (TPSA) is 89.5 Å². The zero-order chi connectivity index (χ0) is 28.7. The number of aldehydes is 1. The molecular formula is C29H47IO8. The molecule has 0 bridgehead atoms. The standard InChI is InChI=1S/C29H47IO8/c1-19(17-30)11-24(34-5)12-22-13-28(38-29(32)14-22)21(3)27(37-8)15-23(33-4)10-9-20(2)26(36-7)16-25(18-31)35-6/h9-10,14,17-18,20-21,23-28H,11-13,15-16H2,1-8H3/b10-9+,19-17+/t20-,21+,23+,24+,25+,26-,27-,28+/m0/s1. The minimum atomic E-state index is -0.504. The first-order valence-corrected chi connectivity index (χ1v) is 14.3. The summed E-state index contributed by atoms with van der Waals surface area (Å²) < 4.78 is 35.8. The summed E-state index contributed by atoms with van der Waals surface area (Å²) in [4.78, 5) is 23.6. The third-order valence-corrected chi connectivity index (χ3v) is 8.36. The van der Waals surface area contributed by atoms with Crippen molar-refractivity contribution in [2.45, 2.75) is 89.5 Å². The Hall–Kier alpha value is -1.11. The molecule has 1 heterocycles. The van der Waals surface area contributed by atoms with Crippen molar-refractivity contribution in [1.82, 2.24) is 0 Å². The molecule has 0 radical (unpaired) electrons. The van der Waals surface area contributed by atoms with Gasteiger partial charge in [-0.1, -0.05) is 59.7 Å². The van der Waals surface area contributed by atoms with Crippen molar-refractivity contribution in [2.75, 3.05) is 35.5 Å². The van der Waals surface area contributed by atoms with Gasteiger partial charge in [0.2, 0.25) is 0 Å². The molecule has 218 valence electrons. The van der Waals surface area contributed by atoms with Gasteiger partial charge in [-0.2, -0.15) is 0 Å². The number of rotatable bonds is 19. The quantitative estimate of drug-likeness (QED) is 0.0814. The SMILES string of the molecule is CO[C@@H](CC1=CC(=O)O[C@@H]([C@H](C)[C@H](C[C@@H](/C=C/[C@H](C)[C@H](C[C@H](C=O)OC)OC)OC)OC)C1)C/C(C)=C/I. The zero-order valence-electron chi connectivity index (χ0n) is 24.2. The maximum Gasteiger partial charge on any atom is 0.330 e. The lowest BCUT2D eigenvalue weighted by Crippen LogP contribution is -2.38. The molecule has 0 aromatic carbocycles. The van der Waals surface area contributed by atoms with E-state index in [9.17, 15) is 9.59 Å². The Kier molecular flexibility index (Phi) is 17.5. The normalized spacial score (nSPS) is 22.2. The van der Waals surface area contributed by atoms with Crippen molar-refractivity contribution >= 4 is 34.8 Å². The largest absolute Gasteiger partial charge is 0.458 e. The minimum absolute atomic E-state index is 0.0129. The molecule has 0 aliphatic carbocycles. The third kappa shape index (κ3) is 12.0.